The summed E-state index contributed by atoms with van der Waals surface area (Å²) in [6.07, 6.45) is 2.14. The third-order valence-electron chi connectivity index (χ3n) is 5.96. The van der Waals surface area contributed by atoms with Gasteiger partial charge in [-0.25, -0.2) is 4.79 Å². The predicted molar refractivity (Wildman–Crippen MR) is 131 cm³/mol. The zero-order valence-corrected chi connectivity index (χ0v) is 21.6. The quantitative estimate of drug-likeness (QED) is 0.651. The molecule has 0 aliphatic carbocycles. The van der Waals surface area contributed by atoms with Crippen LogP contribution in [0.25, 0.3) is 10.9 Å². The number of aldehydes is 1. The fourth-order valence-corrected chi connectivity index (χ4v) is 4.12. The highest BCUT2D eigenvalue weighted by atomic mass is 16.6. The Morgan fingerprint density at radius 3 is 2.15 bits per heavy atom. The number of amides is 2. The molecule has 182 valence electrons. The molecule has 0 radical (unpaired) electrons. The first kappa shape index (κ1) is 26.4. The van der Waals surface area contributed by atoms with Crippen LogP contribution in [0.4, 0.5) is 4.79 Å². The lowest BCUT2D eigenvalue weighted by Gasteiger charge is -2.41. The van der Waals surface area contributed by atoms with Crippen LogP contribution in [0.15, 0.2) is 30.5 Å². The molecule has 2 rings (SSSR count). The van der Waals surface area contributed by atoms with Gasteiger partial charge < -0.3 is 19.4 Å². The molecule has 7 nitrogen and oxygen atoms in total. The number of aryl methyl sites for hydroxylation is 1. The van der Waals surface area contributed by atoms with Crippen molar-refractivity contribution < 1.29 is 19.1 Å². The highest BCUT2D eigenvalue weighted by Crippen LogP contribution is 2.37. The van der Waals surface area contributed by atoms with E-state index in [9.17, 15) is 14.4 Å². The number of nitrogens with one attached hydrogen (secondary N) is 1. The maximum absolute atomic E-state index is 13.7. The molecule has 1 N–H and O–H groups in total. The molecule has 33 heavy (non-hydrogen) atoms. The molecule has 0 spiro atoms. The molecule has 2 amide bonds. The fourth-order valence-electron chi connectivity index (χ4n) is 4.12. The molecule has 0 saturated carbocycles. The first-order chi connectivity index (χ1) is 15.0. The zero-order chi connectivity index (χ0) is 25.4. The topological polar surface area (TPSA) is 80.6 Å². The van der Waals surface area contributed by atoms with Gasteiger partial charge in [-0.1, -0.05) is 52.8 Å². The third-order valence-corrected chi connectivity index (χ3v) is 5.96. The second-order valence-corrected chi connectivity index (χ2v) is 11.4. The molecule has 0 bridgehead atoms. The molecular weight excluding hydrogens is 418 g/mol. The number of fused-ring (bicyclic) bond motifs is 1. The summed E-state index contributed by atoms with van der Waals surface area (Å²) >= 11 is 0. The van der Waals surface area contributed by atoms with Gasteiger partial charge >= 0.3 is 6.09 Å². The summed E-state index contributed by atoms with van der Waals surface area (Å²) in [6, 6.07) is 6.32. The summed E-state index contributed by atoms with van der Waals surface area (Å²) in [4.78, 5) is 39.9. The lowest BCUT2D eigenvalue weighted by Crippen LogP contribution is -2.60. The molecule has 0 fully saturated rings. The normalized spacial score (nSPS) is 14.5. The van der Waals surface area contributed by atoms with E-state index in [2.05, 4.69) is 5.32 Å². The smallest absolute Gasteiger partial charge is 0.410 e. The average Bonchev–Trinajstić information content (AvgIpc) is 3.01. The maximum atomic E-state index is 13.7. The number of rotatable bonds is 6. The van der Waals surface area contributed by atoms with E-state index >= 15 is 0 Å². The Bertz CT molecular complexity index is 1020. The van der Waals surface area contributed by atoms with E-state index in [1.165, 1.54) is 4.90 Å². The van der Waals surface area contributed by atoms with Gasteiger partial charge in [0.25, 0.3) is 0 Å². The molecule has 2 unspecified atom stereocenters. The molecule has 7 heteroatoms. The number of para-hydroxylation sites is 1. The van der Waals surface area contributed by atoms with E-state index in [-0.39, 0.29) is 0 Å². The highest BCUT2D eigenvalue weighted by molar-refractivity contribution is 5.92. The Morgan fingerprint density at radius 1 is 1.06 bits per heavy atom. The van der Waals surface area contributed by atoms with Crippen LogP contribution in [0.3, 0.4) is 0 Å². The van der Waals surface area contributed by atoms with Crippen molar-refractivity contribution in [1.29, 1.82) is 0 Å². The van der Waals surface area contributed by atoms with Crippen molar-refractivity contribution in [2.75, 3.05) is 7.05 Å². The van der Waals surface area contributed by atoms with Crippen molar-refractivity contribution in [2.24, 2.45) is 12.5 Å². The van der Waals surface area contributed by atoms with Crippen molar-refractivity contribution in [3.05, 3.63) is 36.0 Å². The predicted octanol–water partition coefficient (Wildman–Crippen LogP) is 4.42. The van der Waals surface area contributed by atoms with Gasteiger partial charge in [0, 0.05) is 36.6 Å². The van der Waals surface area contributed by atoms with Gasteiger partial charge in [0.15, 0.2) is 0 Å². The summed E-state index contributed by atoms with van der Waals surface area (Å²) in [5, 5.41) is 3.88. The summed E-state index contributed by atoms with van der Waals surface area (Å²) in [6.45, 7) is 14.9. The van der Waals surface area contributed by atoms with E-state index < -0.39 is 40.5 Å². The van der Waals surface area contributed by atoms with Gasteiger partial charge in [0.1, 0.15) is 17.9 Å². The van der Waals surface area contributed by atoms with Crippen LogP contribution in [0.5, 0.6) is 0 Å². The summed E-state index contributed by atoms with van der Waals surface area (Å²) in [5.74, 6) is -0.409. The molecule has 2 aromatic rings. The number of hydrogen-bond acceptors (Lipinski definition) is 4. The second kappa shape index (κ2) is 9.20. The molecule has 0 aliphatic heterocycles. The fraction of sp³-hybridized carbons (Fsp3) is 0.577. The number of nitrogens with zero attached hydrogens (tertiary/aromatic N) is 2. The highest BCUT2D eigenvalue weighted by Gasteiger charge is 2.45. The molecule has 0 aliphatic rings. The lowest BCUT2D eigenvalue weighted by molar-refractivity contribution is -0.131. The van der Waals surface area contributed by atoms with E-state index in [1.54, 1.807) is 27.8 Å². The SMILES string of the molecule is CN(C(=O)OC(C)(C)C)C(C(=O)NC(C=O)C(C)(C)C)C(C)(C)c1cn(C)c2ccccc12. The monoisotopic (exact) mass is 457 g/mol. The van der Waals surface area contributed by atoms with Gasteiger partial charge in [-0.15, -0.1) is 0 Å². The van der Waals surface area contributed by atoms with Gasteiger partial charge in [-0.3, -0.25) is 9.69 Å². The van der Waals surface area contributed by atoms with Crippen molar-refractivity contribution in [3.8, 4) is 0 Å². The number of aromatic nitrogens is 1. The largest absolute Gasteiger partial charge is 0.444 e. The maximum Gasteiger partial charge on any atom is 0.410 e. The Labute approximate surface area is 197 Å². The van der Waals surface area contributed by atoms with E-state index in [0.29, 0.717) is 0 Å². The Balaban J connectivity index is 2.60. The molecule has 0 saturated heterocycles. The summed E-state index contributed by atoms with van der Waals surface area (Å²) in [5.41, 5.74) is -0.0420. The van der Waals surface area contributed by atoms with Crippen molar-refractivity contribution in [2.45, 2.75) is 78.5 Å². The summed E-state index contributed by atoms with van der Waals surface area (Å²) < 4.78 is 7.60. The number of carbonyl (C=O) groups is 3. The first-order valence-electron chi connectivity index (χ1n) is 11.3. The van der Waals surface area contributed by atoms with Crippen LogP contribution >= 0.6 is 0 Å². The molecule has 2 atom stereocenters. The van der Waals surface area contributed by atoms with Crippen molar-refractivity contribution in [1.82, 2.24) is 14.8 Å². The number of carbonyl (C=O) groups excluding carboxylic acids is 3. The van der Waals surface area contributed by atoms with Crippen LogP contribution < -0.4 is 5.32 Å². The van der Waals surface area contributed by atoms with Gasteiger partial charge in [-0.05, 0) is 37.8 Å². The minimum Gasteiger partial charge on any atom is -0.444 e. The Kier molecular flexibility index (Phi) is 7.36. The average molecular weight is 458 g/mol. The van der Waals surface area contributed by atoms with Crippen molar-refractivity contribution in [3.63, 3.8) is 0 Å². The molecule has 1 aromatic heterocycles. The van der Waals surface area contributed by atoms with Gasteiger partial charge in [0.05, 0.1) is 6.04 Å². The number of hydrogen-bond donors (Lipinski definition) is 1. The standard InChI is InChI=1S/C26H39N3O4/c1-24(2,3)20(16-30)27-22(31)21(29(10)23(32)33-25(4,5)6)26(7,8)18-15-28(9)19-14-12-11-13-17(18)19/h11-16,20-21H,1-10H3,(H,27,31). The first-order valence-corrected chi connectivity index (χ1v) is 11.3. The van der Waals surface area contributed by atoms with Crippen LogP contribution in [-0.2, 0) is 26.8 Å². The van der Waals surface area contributed by atoms with E-state index in [1.807, 2.05) is 76.7 Å². The third kappa shape index (κ3) is 5.75. The summed E-state index contributed by atoms with van der Waals surface area (Å²) in [7, 11) is 3.52. The second-order valence-electron chi connectivity index (χ2n) is 11.4. The van der Waals surface area contributed by atoms with E-state index in [4.69, 9.17) is 4.74 Å². The van der Waals surface area contributed by atoms with Gasteiger partial charge in [-0.2, -0.15) is 0 Å². The lowest BCUT2D eigenvalue weighted by atomic mass is 9.76. The van der Waals surface area contributed by atoms with Crippen LogP contribution in [0, 0.1) is 5.41 Å². The molecule has 1 aromatic carbocycles. The van der Waals surface area contributed by atoms with Crippen molar-refractivity contribution >= 4 is 29.2 Å². The minimum atomic E-state index is -0.928. The molecular formula is C26H39N3O4. The van der Waals surface area contributed by atoms with Crippen LogP contribution in [0.1, 0.15) is 61.0 Å². The zero-order valence-electron chi connectivity index (χ0n) is 21.6. The number of benzene rings is 1. The van der Waals surface area contributed by atoms with E-state index in [0.717, 1.165) is 22.8 Å². The van der Waals surface area contributed by atoms with Crippen LogP contribution in [0.2, 0.25) is 0 Å². The van der Waals surface area contributed by atoms with Crippen LogP contribution in [-0.4, -0.2) is 52.5 Å². The number of likely N-dealkylation sites (N-methyl/N-ethyl adjacent to an activating group) is 1. The molecule has 1 heterocycles. The number of ether oxygens (including phenoxy) is 1. The Morgan fingerprint density at radius 2 is 1.64 bits per heavy atom. The Hall–Kier alpha value is -2.83. The van der Waals surface area contributed by atoms with Gasteiger partial charge in [0.2, 0.25) is 5.91 Å². The minimum absolute atomic E-state index is 0.409.